The SMILES string of the molecule is CN1CCC(N2CCN(CC[C@H](CSc3ccccc3)Nc3ccc(S(N)(=O)=O)cc3S(=O)(=O)OC(F)(F)F)CC2)CC1. The minimum Gasteiger partial charge on any atom is -0.380 e. The molecule has 43 heavy (non-hydrogen) atoms. The van der Waals surface area contributed by atoms with Gasteiger partial charge in [0.05, 0.1) is 10.6 Å². The molecule has 0 amide bonds. The minimum atomic E-state index is -5.51. The average molecular weight is 666 g/mol. The molecule has 1 atom stereocenters. The van der Waals surface area contributed by atoms with Crippen LogP contribution in [0.5, 0.6) is 0 Å². The highest BCUT2D eigenvalue weighted by atomic mass is 32.2. The van der Waals surface area contributed by atoms with Gasteiger partial charge in [-0.3, -0.25) is 4.90 Å². The Bertz CT molecular complexity index is 1420. The van der Waals surface area contributed by atoms with Gasteiger partial charge in [0.1, 0.15) is 4.90 Å². The molecule has 4 rings (SSSR count). The van der Waals surface area contributed by atoms with E-state index in [0.29, 0.717) is 30.8 Å². The van der Waals surface area contributed by atoms with Crippen LogP contribution in [-0.2, 0) is 24.3 Å². The highest BCUT2D eigenvalue weighted by Gasteiger charge is 2.39. The summed E-state index contributed by atoms with van der Waals surface area (Å²) >= 11 is 1.51. The van der Waals surface area contributed by atoms with Crippen molar-refractivity contribution in [2.45, 2.75) is 52.4 Å². The van der Waals surface area contributed by atoms with Crippen molar-refractivity contribution in [3.05, 3.63) is 48.5 Å². The molecule has 0 spiro atoms. The van der Waals surface area contributed by atoms with Gasteiger partial charge in [-0.25, -0.2) is 13.6 Å². The Morgan fingerprint density at radius 1 is 1.00 bits per heavy atom. The van der Waals surface area contributed by atoms with Gasteiger partial charge in [-0.05, 0) is 69.7 Å². The normalized spacial score (nSPS) is 19.4. The van der Waals surface area contributed by atoms with Crippen LogP contribution in [0.15, 0.2) is 63.2 Å². The molecule has 2 saturated heterocycles. The molecule has 2 aliphatic rings. The average Bonchev–Trinajstić information content (AvgIpc) is 2.94. The summed E-state index contributed by atoms with van der Waals surface area (Å²) in [7, 11) is -7.70. The number of hydrogen-bond acceptors (Lipinski definition) is 10. The van der Waals surface area contributed by atoms with Gasteiger partial charge in [0.2, 0.25) is 10.0 Å². The third-order valence-electron chi connectivity index (χ3n) is 7.71. The predicted octanol–water partition coefficient (Wildman–Crippen LogP) is 3.23. The first-order valence-corrected chi connectivity index (χ1v) is 17.9. The maximum Gasteiger partial charge on any atom is 0.537 e. The van der Waals surface area contributed by atoms with E-state index in [-0.39, 0.29) is 11.7 Å². The number of nitrogens with zero attached hydrogens (tertiary/aromatic N) is 3. The molecule has 2 aliphatic heterocycles. The standard InChI is InChI=1S/C27H38F3N5O5S3/c1-33-12-10-22(11-13-33)35-17-15-34(16-18-35)14-9-21(20-41-23-5-3-2-4-6-23)32-25-8-7-24(42(31,36)37)19-26(25)43(38,39)40-27(28,29)30/h2-8,19,21-22,32H,9-18,20H2,1H3,(H2,31,36,37)/t21-/m1/s1. The summed E-state index contributed by atoms with van der Waals surface area (Å²) < 4.78 is 91.5. The van der Waals surface area contributed by atoms with Crippen LogP contribution >= 0.6 is 11.8 Å². The van der Waals surface area contributed by atoms with Crippen molar-refractivity contribution in [2.24, 2.45) is 5.14 Å². The molecule has 3 N–H and O–H groups in total. The maximum absolute atomic E-state index is 13.0. The monoisotopic (exact) mass is 665 g/mol. The largest absolute Gasteiger partial charge is 0.537 e. The minimum absolute atomic E-state index is 0.206. The van der Waals surface area contributed by atoms with Crippen LogP contribution in [0.3, 0.4) is 0 Å². The quantitative estimate of drug-likeness (QED) is 0.258. The number of rotatable bonds is 12. The molecule has 2 aromatic rings. The molecule has 0 aromatic heterocycles. The number of alkyl halides is 3. The summed E-state index contributed by atoms with van der Waals surface area (Å²) in [5.41, 5.74) is -0.206. The second kappa shape index (κ2) is 14.5. The fourth-order valence-electron chi connectivity index (χ4n) is 5.36. The van der Waals surface area contributed by atoms with Crippen molar-refractivity contribution >= 4 is 37.6 Å². The van der Waals surface area contributed by atoms with E-state index < -0.39 is 36.3 Å². The van der Waals surface area contributed by atoms with Crippen LogP contribution in [-0.4, -0.2) is 109 Å². The fourth-order valence-corrected chi connectivity index (χ4v) is 7.97. The van der Waals surface area contributed by atoms with Gasteiger partial charge in [0.15, 0.2) is 0 Å². The highest BCUT2D eigenvalue weighted by Crippen LogP contribution is 2.32. The first kappa shape index (κ1) is 34.0. The number of piperazine rings is 1. The number of nitrogens with two attached hydrogens (primary N) is 1. The Balaban J connectivity index is 1.49. The molecule has 0 unspecified atom stereocenters. The summed E-state index contributed by atoms with van der Waals surface area (Å²) in [5.74, 6) is 0.468. The van der Waals surface area contributed by atoms with Crippen LogP contribution in [0.1, 0.15) is 19.3 Å². The molecule has 2 heterocycles. The molecule has 16 heteroatoms. The van der Waals surface area contributed by atoms with Gasteiger partial charge in [0.25, 0.3) is 0 Å². The Morgan fingerprint density at radius 2 is 1.65 bits per heavy atom. The highest BCUT2D eigenvalue weighted by molar-refractivity contribution is 7.99. The van der Waals surface area contributed by atoms with Crippen LogP contribution in [0.2, 0.25) is 0 Å². The summed E-state index contributed by atoms with van der Waals surface area (Å²) in [6, 6.07) is 12.5. The lowest BCUT2D eigenvalue weighted by Gasteiger charge is -2.42. The molecule has 240 valence electrons. The van der Waals surface area contributed by atoms with Gasteiger partial charge < -0.3 is 15.1 Å². The molecule has 10 nitrogen and oxygen atoms in total. The molecular formula is C27H38F3N5O5S3. The number of nitrogens with one attached hydrogen (secondary N) is 1. The van der Waals surface area contributed by atoms with E-state index in [2.05, 4.69) is 31.2 Å². The molecular weight excluding hydrogens is 628 g/mol. The zero-order valence-corrected chi connectivity index (χ0v) is 26.3. The van der Waals surface area contributed by atoms with E-state index in [0.717, 1.165) is 69.1 Å². The Kier molecular flexibility index (Phi) is 11.4. The number of hydrogen-bond donors (Lipinski definition) is 2. The number of likely N-dealkylation sites (tertiary alicyclic amines) is 1. The van der Waals surface area contributed by atoms with Crippen LogP contribution in [0.25, 0.3) is 0 Å². The fraction of sp³-hybridized carbons (Fsp3) is 0.556. The van der Waals surface area contributed by atoms with E-state index in [1.54, 1.807) is 0 Å². The zero-order valence-electron chi connectivity index (χ0n) is 23.9. The lowest BCUT2D eigenvalue weighted by atomic mass is 10.0. The first-order chi connectivity index (χ1) is 20.2. The van der Waals surface area contributed by atoms with E-state index in [9.17, 15) is 30.0 Å². The lowest BCUT2D eigenvalue weighted by molar-refractivity contribution is -0.271. The number of thioether (sulfide) groups is 1. The number of sulfonamides is 1. The zero-order chi connectivity index (χ0) is 31.3. The summed E-state index contributed by atoms with van der Waals surface area (Å²) in [6.45, 7) is 6.56. The van der Waals surface area contributed by atoms with Crippen molar-refractivity contribution in [1.29, 1.82) is 0 Å². The van der Waals surface area contributed by atoms with Crippen LogP contribution in [0.4, 0.5) is 18.9 Å². The Labute approximate surface area is 255 Å². The van der Waals surface area contributed by atoms with Crippen molar-refractivity contribution < 1.29 is 34.2 Å². The van der Waals surface area contributed by atoms with Crippen LogP contribution in [0, 0.1) is 0 Å². The summed E-state index contributed by atoms with van der Waals surface area (Å²) in [4.78, 5) is 6.59. The second-order valence-corrected chi connectivity index (χ2v) is 15.0. The number of piperidine rings is 1. The van der Waals surface area contributed by atoms with Crippen LogP contribution < -0.4 is 10.5 Å². The van der Waals surface area contributed by atoms with E-state index >= 15 is 0 Å². The molecule has 0 bridgehead atoms. The van der Waals surface area contributed by atoms with Gasteiger partial charge in [-0.15, -0.1) is 24.9 Å². The summed E-state index contributed by atoms with van der Waals surface area (Å²) in [6.07, 6.45) is -2.63. The van der Waals surface area contributed by atoms with Crippen molar-refractivity contribution in [2.75, 3.05) is 63.9 Å². The Hall–Kier alpha value is -1.92. The van der Waals surface area contributed by atoms with Gasteiger partial charge >= 0.3 is 16.5 Å². The smallest absolute Gasteiger partial charge is 0.380 e. The number of anilines is 1. The third kappa shape index (κ3) is 10.3. The molecule has 0 saturated carbocycles. The number of primary sulfonamides is 1. The van der Waals surface area contributed by atoms with Gasteiger partial charge in [-0.1, -0.05) is 18.2 Å². The maximum atomic E-state index is 13.0. The van der Waals surface area contributed by atoms with E-state index in [4.69, 9.17) is 5.14 Å². The van der Waals surface area contributed by atoms with E-state index in [1.807, 2.05) is 30.3 Å². The summed E-state index contributed by atoms with van der Waals surface area (Å²) in [5, 5.41) is 8.20. The number of halogens is 3. The molecule has 2 aromatic carbocycles. The topological polar surface area (TPSA) is 125 Å². The Morgan fingerprint density at radius 3 is 2.26 bits per heavy atom. The van der Waals surface area contributed by atoms with E-state index in [1.165, 1.54) is 11.8 Å². The number of benzene rings is 2. The van der Waals surface area contributed by atoms with Gasteiger partial charge in [0, 0.05) is 55.5 Å². The van der Waals surface area contributed by atoms with Crippen molar-refractivity contribution in [1.82, 2.24) is 14.7 Å². The first-order valence-electron chi connectivity index (χ1n) is 14.0. The third-order valence-corrected chi connectivity index (χ3v) is 11.1. The predicted molar refractivity (Wildman–Crippen MR) is 160 cm³/mol. The molecule has 2 fully saturated rings. The van der Waals surface area contributed by atoms with Crippen molar-refractivity contribution in [3.8, 4) is 0 Å². The van der Waals surface area contributed by atoms with Gasteiger partial charge in [-0.2, -0.15) is 12.6 Å². The molecule has 0 radical (unpaired) electrons. The van der Waals surface area contributed by atoms with Crippen molar-refractivity contribution in [3.63, 3.8) is 0 Å². The molecule has 0 aliphatic carbocycles. The lowest BCUT2D eigenvalue weighted by Crippen LogP contribution is -2.53. The second-order valence-electron chi connectivity index (χ2n) is 10.9.